The smallest absolute Gasteiger partial charge is 0.255 e. The largest absolute Gasteiger partial charge is 0.494 e. The van der Waals surface area contributed by atoms with E-state index in [-0.39, 0.29) is 5.91 Å². The van der Waals surface area contributed by atoms with E-state index in [1.54, 1.807) is 24.1 Å². The monoisotopic (exact) mass is 521 g/mol. The number of anilines is 1. The number of H-pyrrole nitrogens is 1. The lowest BCUT2D eigenvalue weighted by Gasteiger charge is -2.32. The molecule has 2 aromatic heterocycles. The van der Waals surface area contributed by atoms with Gasteiger partial charge in [-0.1, -0.05) is 24.3 Å². The fourth-order valence-electron chi connectivity index (χ4n) is 4.84. The van der Waals surface area contributed by atoms with Gasteiger partial charge in [-0.15, -0.1) is 0 Å². The molecule has 1 fully saturated rings. The lowest BCUT2D eigenvalue weighted by molar-refractivity contribution is 0.102. The molecule has 0 aliphatic carbocycles. The van der Waals surface area contributed by atoms with Gasteiger partial charge in [-0.05, 0) is 55.1 Å². The summed E-state index contributed by atoms with van der Waals surface area (Å²) in [6.45, 7) is 5.29. The summed E-state index contributed by atoms with van der Waals surface area (Å²) in [4.78, 5) is 25.9. The Kier molecular flexibility index (Phi) is 6.83. The van der Waals surface area contributed by atoms with Gasteiger partial charge in [0.05, 0.1) is 29.9 Å². The van der Waals surface area contributed by atoms with Crippen molar-refractivity contribution in [3.05, 3.63) is 90.3 Å². The second-order valence-electron chi connectivity index (χ2n) is 9.89. The van der Waals surface area contributed by atoms with Crippen molar-refractivity contribution in [2.75, 3.05) is 45.7 Å². The van der Waals surface area contributed by atoms with E-state index in [4.69, 9.17) is 9.72 Å². The predicted molar refractivity (Wildman–Crippen MR) is 152 cm³/mol. The molecule has 1 amide bonds. The van der Waals surface area contributed by atoms with Crippen LogP contribution in [0.15, 0.2) is 79.1 Å². The molecule has 9 nitrogen and oxygen atoms in total. The number of benzene rings is 3. The fraction of sp³-hybridized carbons (Fsp3) is 0.233. The van der Waals surface area contributed by atoms with Crippen molar-refractivity contribution in [2.24, 2.45) is 0 Å². The highest BCUT2D eigenvalue weighted by molar-refractivity contribution is 6.06. The van der Waals surface area contributed by atoms with Crippen molar-refractivity contribution < 1.29 is 9.53 Å². The number of hydrogen-bond donors (Lipinski definition) is 2. The molecule has 3 aromatic carbocycles. The van der Waals surface area contributed by atoms with E-state index in [0.29, 0.717) is 11.4 Å². The summed E-state index contributed by atoms with van der Waals surface area (Å²) in [5, 5.41) is 7.50. The lowest BCUT2D eigenvalue weighted by Crippen LogP contribution is -2.43. The molecule has 198 valence electrons. The number of ether oxygens (including phenoxy) is 1. The molecule has 1 saturated heterocycles. The van der Waals surface area contributed by atoms with Gasteiger partial charge in [-0.25, -0.2) is 9.67 Å². The molecule has 0 saturated carbocycles. The summed E-state index contributed by atoms with van der Waals surface area (Å²) >= 11 is 0. The molecule has 2 N–H and O–H groups in total. The van der Waals surface area contributed by atoms with Gasteiger partial charge >= 0.3 is 0 Å². The van der Waals surface area contributed by atoms with E-state index < -0.39 is 0 Å². The maximum Gasteiger partial charge on any atom is 0.255 e. The maximum atomic E-state index is 13.0. The average molecular weight is 522 g/mol. The zero-order valence-corrected chi connectivity index (χ0v) is 22.1. The number of para-hydroxylation sites is 2. The number of aromatic nitrogens is 4. The first-order valence-electron chi connectivity index (χ1n) is 13.0. The Morgan fingerprint density at radius 2 is 1.82 bits per heavy atom. The summed E-state index contributed by atoms with van der Waals surface area (Å²) in [5.41, 5.74) is 5.82. The standard InChI is InChI=1S/C30H31N7O2/c1-35-13-15-36(16-14-35)19-21-7-10-24(11-8-21)32-30(38)22-9-12-25-26(17-22)34-29(33-25)23-18-31-37(20-23)27-5-3-4-6-28(27)39-2/h3-12,17-18,20H,13-16,19H2,1-2H3,(H,32,38)(H,33,34). The summed E-state index contributed by atoms with van der Waals surface area (Å²) in [6.07, 6.45) is 3.65. The lowest BCUT2D eigenvalue weighted by atomic mass is 10.1. The number of piperazine rings is 1. The number of carbonyl (C=O) groups is 1. The molecule has 0 atom stereocenters. The summed E-state index contributed by atoms with van der Waals surface area (Å²) in [6, 6.07) is 21.3. The second kappa shape index (κ2) is 10.7. The van der Waals surface area contributed by atoms with Gasteiger partial charge in [-0.2, -0.15) is 5.10 Å². The van der Waals surface area contributed by atoms with Crippen LogP contribution in [0.5, 0.6) is 5.75 Å². The highest BCUT2D eigenvalue weighted by Crippen LogP contribution is 2.26. The van der Waals surface area contributed by atoms with Crippen molar-refractivity contribution in [2.45, 2.75) is 6.54 Å². The number of methoxy groups -OCH3 is 1. The van der Waals surface area contributed by atoms with Crippen molar-refractivity contribution in [1.29, 1.82) is 0 Å². The molecule has 0 bridgehead atoms. The third-order valence-corrected chi connectivity index (χ3v) is 7.15. The predicted octanol–water partition coefficient (Wildman–Crippen LogP) is 4.42. The molecule has 3 heterocycles. The quantitative estimate of drug-likeness (QED) is 0.329. The SMILES string of the molecule is COc1ccccc1-n1cc(-c2nc3ccc(C(=O)Nc4ccc(CN5CCN(C)CC5)cc4)cc3[nH]2)cn1. The highest BCUT2D eigenvalue weighted by Gasteiger charge is 2.15. The fourth-order valence-corrected chi connectivity index (χ4v) is 4.84. The van der Waals surface area contributed by atoms with Crippen LogP contribution >= 0.6 is 0 Å². The zero-order valence-electron chi connectivity index (χ0n) is 22.1. The molecular formula is C30H31N7O2. The third kappa shape index (κ3) is 5.41. The molecule has 6 rings (SSSR count). The van der Waals surface area contributed by atoms with Gasteiger partial charge in [0.1, 0.15) is 17.3 Å². The number of imidazole rings is 1. The first kappa shape index (κ1) is 24.8. The third-order valence-electron chi connectivity index (χ3n) is 7.15. The van der Waals surface area contributed by atoms with E-state index in [9.17, 15) is 4.79 Å². The number of likely N-dealkylation sites (N-methyl/N-ethyl adjacent to an activating group) is 1. The molecule has 0 spiro atoms. The van der Waals surface area contributed by atoms with Crippen LogP contribution in [0.3, 0.4) is 0 Å². The Bertz CT molecular complexity index is 1600. The summed E-state index contributed by atoms with van der Waals surface area (Å²) in [7, 11) is 3.80. The Hall–Kier alpha value is -4.47. The number of rotatable bonds is 7. The van der Waals surface area contributed by atoms with Crippen LogP contribution in [0.1, 0.15) is 15.9 Å². The van der Waals surface area contributed by atoms with Gasteiger partial charge in [-0.3, -0.25) is 9.69 Å². The molecular weight excluding hydrogens is 490 g/mol. The number of hydrogen-bond acceptors (Lipinski definition) is 6. The van der Waals surface area contributed by atoms with E-state index >= 15 is 0 Å². The van der Waals surface area contributed by atoms with Crippen LogP contribution in [-0.4, -0.2) is 75.8 Å². The van der Waals surface area contributed by atoms with E-state index in [2.05, 4.69) is 44.4 Å². The van der Waals surface area contributed by atoms with Crippen molar-refractivity contribution in [3.63, 3.8) is 0 Å². The minimum atomic E-state index is -0.163. The van der Waals surface area contributed by atoms with Crippen molar-refractivity contribution in [1.82, 2.24) is 29.5 Å². The zero-order chi connectivity index (χ0) is 26.8. The Morgan fingerprint density at radius 3 is 2.62 bits per heavy atom. The number of nitrogens with zero attached hydrogens (tertiary/aromatic N) is 5. The molecule has 39 heavy (non-hydrogen) atoms. The van der Waals surface area contributed by atoms with Gasteiger partial charge in [0, 0.05) is 50.2 Å². The summed E-state index contributed by atoms with van der Waals surface area (Å²) in [5.74, 6) is 1.25. The van der Waals surface area contributed by atoms with Gasteiger partial charge in [0.2, 0.25) is 0 Å². The van der Waals surface area contributed by atoms with Gasteiger partial charge in [0.15, 0.2) is 0 Å². The molecule has 0 radical (unpaired) electrons. The molecule has 1 aliphatic rings. The Morgan fingerprint density at radius 1 is 1.03 bits per heavy atom. The first-order chi connectivity index (χ1) is 19.1. The number of aromatic amines is 1. The van der Waals surface area contributed by atoms with Crippen molar-refractivity contribution >= 4 is 22.6 Å². The second-order valence-corrected chi connectivity index (χ2v) is 9.89. The van der Waals surface area contributed by atoms with Crippen LogP contribution in [-0.2, 0) is 6.54 Å². The number of carbonyl (C=O) groups excluding carboxylic acids is 1. The Labute approximate surface area is 227 Å². The van der Waals surface area contributed by atoms with Gasteiger partial charge in [0.25, 0.3) is 5.91 Å². The van der Waals surface area contributed by atoms with E-state index in [1.807, 2.05) is 54.7 Å². The van der Waals surface area contributed by atoms with E-state index in [1.165, 1.54) is 5.56 Å². The van der Waals surface area contributed by atoms with Crippen LogP contribution in [0.4, 0.5) is 5.69 Å². The van der Waals surface area contributed by atoms with Crippen LogP contribution in [0.2, 0.25) is 0 Å². The average Bonchev–Trinajstić information content (AvgIpc) is 3.62. The highest BCUT2D eigenvalue weighted by atomic mass is 16.5. The minimum absolute atomic E-state index is 0.163. The normalized spacial score (nSPS) is 14.5. The number of amides is 1. The van der Waals surface area contributed by atoms with Crippen LogP contribution in [0, 0.1) is 0 Å². The topological polar surface area (TPSA) is 91.3 Å². The molecule has 9 heteroatoms. The van der Waals surface area contributed by atoms with E-state index in [0.717, 1.165) is 66.4 Å². The van der Waals surface area contributed by atoms with Gasteiger partial charge < -0.3 is 19.9 Å². The molecule has 0 unspecified atom stereocenters. The van der Waals surface area contributed by atoms with Crippen LogP contribution in [0.25, 0.3) is 28.1 Å². The molecule has 1 aliphatic heterocycles. The minimum Gasteiger partial charge on any atom is -0.494 e. The van der Waals surface area contributed by atoms with Crippen molar-refractivity contribution in [3.8, 4) is 22.8 Å². The summed E-state index contributed by atoms with van der Waals surface area (Å²) < 4.78 is 7.22. The molecule has 5 aromatic rings. The first-order valence-corrected chi connectivity index (χ1v) is 13.0. The van der Waals surface area contributed by atoms with Crippen LogP contribution < -0.4 is 10.1 Å². The Balaban J connectivity index is 1.14. The number of nitrogens with one attached hydrogen (secondary N) is 2. The number of fused-ring (bicyclic) bond motifs is 1. The maximum absolute atomic E-state index is 13.0.